The van der Waals surface area contributed by atoms with Gasteiger partial charge in [-0.05, 0) is 45.0 Å². The number of carbonyl (C=O) groups excluding carboxylic acids is 2. The summed E-state index contributed by atoms with van der Waals surface area (Å²) in [6, 6.07) is 11.1. The predicted octanol–water partition coefficient (Wildman–Crippen LogP) is 5.00. The summed E-state index contributed by atoms with van der Waals surface area (Å²) in [5.74, 6) is -1.24. The molecule has 2 heterocycles. The highest BCUT2D eigenvalue weighted by Crippen LogP contribution is 2.27. The number of Topliss-reactive ketones (excluding diaryl/α,β-unsaturated/α-hetero) is 1. The van der Waals surface area contributed by atoms with Gasteiger partial charge in [0.15, 0.2) is 0 Å². The Hall–Kier alpha value is -3.92. The number of benzene rings is 1. The molecule has 152 valence electrons. The van der Waals surface area contributed by atoms with Crippen molar-refractivity contribution in [2.24, 2.45) is 0 Å². The maximum absolute atomic E-state index is 14.0. The van der Waals surface area contributed by atoms with E-state index in [1.54, 1.807) is 45.0 Å². The summed E-state index contributed by atoms with van der Waals surface area (Å²) in [4.78, 5) is 28.3. The molecule has 0 aliphatic carbocycles. The Kier molecular flexibility index (Phi) is 5.98. The second-order valence-corrected chi connectivity index (χ2v) is 6.53. The van der Waals surface area contributed by atoms with Crippen molar-refractivity contribution in [1.82, 2.24) is 4.98 Å². The Morgan fingerprint density at radius 2 is 1.87 bits per heavy atom. The van der Waals surface area contributed by atoms with Crippen molar-refractivity contribution in [3.05, 3.63) is 76.1 Å². The van der Waals surface area contributed by atoms with Gasteiger partial charge in [-0.1, -0.05) is 12.1 Å². The molecule has 0 saturated heterocycles. The number of H-pyrrole nitrogens is 1. The normalized spacial score (nSPS) is 11.2. The molecule has 0 unspecified atom stereocenters. The Labute approximate surface area is 172 Å². The molecule has 0 fully saturated rings. The van der Waals surface area contributed by atoms with Crippen LogP contribution in [0.4, 0.5) is 4.39 Å². The fourth-order valence-electron chi connectivity index (χ4n) is 3.19. The highest BCUT2D eigenvalue weighted by Gasteiger charge is 2.27. The van der Waals surface area contributed by atoms with Gasteiger partial charge in [-0.15, -0.1) is 0 Å². The molecule has 1 aromatic carbocycles. The van der Waals surface area contributed by atoms with Crippen molar-refractivity contribution >= 4 is 17.8 Å². The van der Waals surface area contributed by atoms with E-state index in [1.807, 2.05) is 6.07 Å². The zero-order valence-corrected chi connectivity index (χ0v) is 16.7. The average Bonchev–Trinajstić information content (AvgIpc) is 3.29. The molecular weight excluding hydrogens is 387 g/mol. The maximum atomic E-state index is 14.0. The third kappa shape index (κ3) is 3.94. The minimum absolute atomic E-state index is 0.0830. The average molecular weight is 406 g/mol. The van der Waals surface area contributed by atoms with E-state index in [2.05, 4.69) is 4.98 Å². The molecule has 7 heteroatoms. The molecule has 2 aromatic heterocycles. The van der Waals surface area contributed by atoms with Crippen LogP contribution in [0.25, 0.3) is 17.4 Å². The number of ether oxygens (including phenoxy) is 1. The van der Waals surface area contributed by atoms with Crippen molar-refractivity contribution < 1.29 is 23.1 Å². The Morgan fingerprint density at radius 3 is 2.53 bits per heavy atom. The van der Waals surface area contributed by atoms with Crippen LogP contribution in [0.2, 0.25) is 0 Å². The number of hydrogen-bond acceptors (Lipinski definition) is 5. The highest BCUT2D eigenvalue weighted by molar-refractivity contribution is 6.19. The van der Waals surface area contributed by atoms with E-state index in [1.165, 1.54) is 18.2 Å². The zero-order valence-electron chi connectivity index (χ0n) is 16.7. The van der Waals surface area contributed by atoms with Crippen LogP contribution >= 0.6 is 0 Å². The van der Waals surface area contributed by atoms with Gasteiger partial charge in [0.05, 0.1) is 23.3 Å². The fraction of sp³-hybridized carbons (Fsp3) is 0.174. The molecule has 30 heavy (non-hydrogen) atoms. The summed E-state index contributed by atoms with van der Waals surface area (Å²) >= 11 is 0. The van der Waals surface area contributed by atoms with Crippen LogP contribution in [0.5, 0.6) is 0 Å². The van der Waals surface area contributed by atoms with Crippen LogP contribution in [-0.4, -0.2) is 23.3 Å². The summed E-state index contributed by atoms with van der Waals surface area (Å²) in [5.41, 5.74) is 1.16. The summed E-state index contributed by atoms with van der Waals surface area (Å²) in [5, 5.41) is 9.55. The molecule has 0 saturated carbocycles. The zero-order chi connectivity index (χ0) is 21.8. The monoisotopic (exact) mass is 406 g/mol. The number of halogens is 1. The van der Waals surface area contributed by atoms with E-state index in [4.69, 9.17) is 9.15 Å². The molecule has 0 atom stereocenters. The van der Waals surface area contributed by atoms with E-state index in [-0.39, 0.29) is 40.4 Å². The molecule has 3 aromatic rings. The fourth-order valence-corrected chi connectivity index (χ4v) is 3.19. The summed E-state index contributed by atoms with van der Waals surface area (Å²) in [7, 11) is 0. The number of nitriles is 1. The first-order valence-electron chi connectivity index (χ1n) is 9.24. The van der Waals surface area contributed by atoms with Gasteiger partial charge in [0, 0.05) is 17.5 Å². The Balaban J connectivity index is 1.99. The second-order valence-electron chi connectivity index (χ2n) is 6.53. The molecule has 0 spiro atoms. The number of furan rings is 1. The number of aryl methyl sites for hydroxylation is 2. The Morgan fingerprint density at radius 1 is 1.17 bits per heavy atom. The van der Waals surface area contributed by atoms with Gasteiger partial charge < -0.3 is 14.1 Å². The lowest BCUT2D eigenvalue weighted by Gasteiger charge is -2.05. The molecule has 0 bridgehead atoms. The van der Waals surface area contributed by atoms with E-state index < -0.39 is 17.6 Å². The summed E-state index contributed by atoms with van der Waals surface area (Å²) in [6.45, 7) is 5.11. The summed E-state index contributed by atoms with van der Waals surface area (Å²) < 4.78 is 24.6. The minimum atomic E-state index is -0.639. The molecule has 0 amide bonds. The van der Waals surface area contributed by atoms with Crippen molar-refractivity contribution in [2.45, 2.75) is 20.8 Å². The quantitative estimate of drug-likeness (QED) is 0.269. The standard InChI is InChI=1S/C23H19FN2O4/c1-4-29-23(28)21-14(3)26-13(2)20(21)22(27)15(12-25)11-16-9-10-19(30-16)17-7-5-6-8-18(17)24/h5-11,26H,4H2,1-3H3/b15-11+. The van der Waals surface area contributed by atoms with Gasteiger partial charge in [0.1, 0.15) is 29.0 Å². The SMILES string of the molecule is CCOC(=O)c1c(C)[nH]c(C)c1C(=O)/C(C#N)=C/c1ccc(-c2ccccc2F)o1. The molecule has 1 N–H and O–H groups in total. The third-order valence-electron chi connectivity index (χ3n) is 4.50. The lowest BCUT2D eigenvalue weighted by atomic mass is 9.99. The van der Waals surface area contributed by atoms with Gasteiger partial charge in [-0.3, -0.25) is 4.79 Å². The maximum Gasteiger partial charge on any atom is 0.340 e. The smallest absolute Gasteiger partial charge is 0.340 e. The largest absolute Gasteiger partial charge is 0.462 e. The van der Waals surface area contributed by atoms with Gasteiger partial charge >= 0.3 is 5.97 Å². The van der Waals surface area contributed by atoms with Crippen molar-refractivity contribution in [3.63, 3.8) is 0 Å². The van der Waals surface area contributed by atoms with Crippen LogP contribution in [0.1, 0.15) is 44.8 Å². The number of nitrogens with zero attached hydrogens (tertiary/aromatic N) is 1. The number of rotatable bonds is 6. The van der Waals surface area contributed by atoms with Crippen molar-refractivity contribution in [1.29, 1.82) is 5.26 Å². The molecule has 6 nitrogen and oxygen atoms in total. The molecule has 0 aliphatic rings. The lowest BCUT2D eigenvalue weighted by molar-refractivity contribution is 0.0523. The number of ketones is 1. The predicted molar refractivity (Wildman–Crippen MR) is 108 cm³/mol. The van der Waals surface area contributed by atoms with Crippen LogP contribution < -0.4 is 0 Å². The van der Waals surface area contributed by atoms with E-state index in [0.29, 0.717) is 11.4 Å². The first kappa shape index (κ1) is 20.8. The molecule has 0 radical (unpaired) electrons. The highest BCUT2D eigenvalue weighted by atomic mass is 19.1. The van der Waals surface area contributed by atoms with Crippen LogP contribution in [0, 0.1) is 31.0 Å². The number of hydrogen-bond donors (Lipinski definition) is 1. The molecular formula is C23H19FN2O4. The minimum Gasteiger partial charge on any atom is -0.462 e. The number of aromatic amines is 1. The number of allylic oxidation sites excluding steroid dienone is 1. The van der Waals surface area contributed by atoms with Gasteiger partial charge in [-0.25, -0.2) is 9.18 Å². The van der Waals surface area contributed by atoms with Crippen LogP contribution in [0.15, 0.2) is 46.4 Å². The van der Waals surface area contributed by atoms with E-state index in [0.717, 1.165) is 0 Å². The van der Waals surface area contributed by atoms with Gasteiger partial charge in [0.25, 0.3) is 0 Å². The third-order valence-corrected chi connectivity index (χ3v) is 4.50. The van der Waals surface area contributed by atoms with E-state index in [9.17, 15) is 19.2 Å². The van der Waals surface area contributed by atoms with Gasteiger partial charge in [0.2, 0.25) is 5.78 Å². The van der Waals surface area contributed by atoms with Crippen LogP contribution in [0.3, 0.4) is 0 Å². The number of aromatic nitrogens is 1. The van der Waals surface area contributed by atoms with Crippen LogP contribution in [-0.2, 0) is 4.74 Å². The molecule has 3 rings (SSSR count). The lowest BCUT2D eigenvalue weighted by Crippen LogP contribution is -2.13. The number of nitrogens with one attached hydrogen (secondary N) is 1. The first-order chi connectivity index (χ1) is 14.4. The second kappa shape index (κ2) is 8.62. The molecule has 0 aliphatic heterocycles. The van der Waals surface area contributed by atoms with Crippen molar-refractivity contribution in [2.75, 3.05) is 6.61 Å². The first-order valence-corrected chi connectivity index (χ1v) is 9.24. The van der Waals surface area contributed by atoms with Gasteiger partial charge in [-0.2, -0.15) is 5.26 Å². The van der Waals surface area contributed by atoms with Crippen molar-refractivity contribution in [3.8, 4) is 17.4 Å². The number of carbonyl (C=O) groups is 2. The topological polar surface area (TPSA) is 96.1 Å². The Bertz CT molecular complexity index is 1190. The van der Waals surface area contributed by atoms with E-state index >= 15 is 0 Å². The number of esters is 1. The summed E-state index contributed by atoms with van der Waals surface area (Å²) in [6.07, 6.45) is 1.27.